The molecule has 5 nitrogen and oxygen atoms in total. The number of benzene rings is 2. The second-order valence-corrected chi connectivity index (χ2v) is 6.94. The fourth-order valence-electron chi connectivity index (χ4n) is 3.01. The number of nitrogens with one attached hydrogen (secondary N) is 3. The van der Waals surface area contributed by atoms with Crippen molar-refractivity contribution in [3.63, 3.8) is 0 Å². The highest BCUT2D eigenvalue weighted by atomic mass is 19.1. The van der Waals surface area contributed by atoms with Gasteiger partial charge in [-0.1, -0.05) is 37.3 Å². The van der Waals surface area contributed by atoms with Crippen LogP contribution >= 0.6 is 0 Å². The lowest BCUT2D eigenvalue weighted by Gasteiger charge is -2.18. The Morgan fingerprint density at radius 2 is 1.68 bits per heavy atom. The highest BCUT2D eigenvalue weighted by molar-refractivity contribution is 5.92. The number of carbonyl (C=O) groups is 2. The Kier molecular flexibility index (Phi) is 8.62. The van der Waals surface area contributed by atoms with Gasteiger partial charge in [-0.15, -0.1) is 0 Å². The van der Waals surface area contributed by atoms with Crippen LogP contribution in [0.15, 0.2) is 48.5 Å². The first kappa shape index (κ1) is 21.6. The third kappa shape index (κ3) is 7.48. The first-order chi connectivity index (χ1) is 13.5. The summed E-state index contributed by atoms with van der Waals surface area (Å²) in [6.45, 7) is 5.70. The van der Waals surface area contributed by atoms with Crippen LogP contribution in [0.25, 0.3) is 0 Å². The van der Waals surface area contributed by atoms with E-state index in [0.717, 1.165) is 34.7 Å². The van der Waals surface area contributed by atoms with Gasteiger partial charge in [0.15, 0.2) is 13.1 Å². The van der Waals surface area contributed by atoms with Gasteiger partial charge in [-0.3, -0.25) is 9.59 Å². The predicted octanol–water partition coefficient (Wildman–Crippen LogP) is 1.73. The van der Waals surface area contributed by atoms with Crippen LogP contribution in [-0.4, -0.2) is 38.0 Å². The summed E-state index contributed by atoms with van der Waals surface area (Å²) in [6, 6.07) is 13.9. The number of para-hydroxylation sites is 1. The van der Waals surface area contributed by atoms with Crippen molar-refractivity contribution in [1.82, 2.24) is 5.32 Å². The number of amides is 2. The number of rotatable bonds is 10. The van der Waals surface area contributed by atoms with Crippen molar-refractivity contribution in [3.8, 4) is 0 Å². The maximum absolute atomic E-state index is 12.9. The summed E-state index contributed by atoms with van der Waals surface area (Å²) in [6.07, 6.45) is 1.53. The summed E-state index contributed by atoms with van der Waals surface area (Å²) >= 11 is 0. The van der Waals surface area contributed by atoms with Crippen molar-refractivity contribution in [1.29, 1.82) is 0 Å². The van der Waals surface area contributed by atoms with E-state index < -0.39 is 0 Å². The van der Waals surface area contributed by atoms with Crippen LogP contribution in [-0.2, 0) is 16.0 Å². The molecule has 1 atom stereocenters. The summed E-state index contributed by atoms with van der Waals surface area (Å²) in [5.74, 6) is -0.457. The smallest absolute Gasteiger partial charge is 0.279 e. The van der Waals surface area contributed by atoms with Crippen LogP contribution in [0.3, 0.4) is 0 Å². The number of aryl methyl sites for hydroxylation is 1. The van der Waals surface area contributed by atoms with Gasteiger partial charge in [0.25, 0.3) is 11.8 Å². The van der Waals surface area contributed by atoms with E-state index in [0.29, 0.717) is 13.0 Å². The van der Waals surface area contributed by atoms with E-state index in [-0.39, 0.29) is 30.7 Å². The zero-order valence-electron chi connectivity index (χ0n) is 16.6. The first-order valence-corrected chi connectivity index (χ1v) is 9.68. The zero-order valence-corrected chi connectivity index (χ0v) is 16.6. The average molecular weight is 386 g/mol. The second-order valence-electron chi connectivity index (χ2n) is 6.94. The van der Waals surface area contributed by atoms with Crippen LogP contribution in [0, 0.1) is 12.7 Å². The molecule has 1 unspecified atom stereocenters. The number of hydrogen-bond donors (Lipinski definition) is 3. The molecule has 0 aliphatic rings. The molecule has 0 bridgehead atoms. The third-order valence-corrected chi connectivity index (χ3v) is 4.49. The molecular weight excluding hydrogens is 357 g/mol. The fraction of sp³-hybridized carbons (Fsp3) is 0.364. The summed E-state index contributed by atoms with van der Waals surface area (Å²) < 4.78 is 12.9. The molecule has 0 radical (unpaired) electrons. The minimum atomic E-state index is -0.268. The highest BCUT2D eigenvalue weighted by Gasteiger charge is 2.17. The molecule has 2 aromatic carbocycles. The minimum Gasteiger partial charge on any atom is -0.351 e. The Morgan fingerprint density at radius 3 is 2.36 bits per heavy atom. The van der Waals surface area contributed by atoms with E-state index in [1.807, 2.05) is 38.1 Å². The molecule has 0 saturated heterocycles. The summed E-state index contributed by atoms with van der Waals surface area (Å²) in [4.78, 5) is 25.5. The Morgan fingerprint density at radius 1 is 1.00 bits per heavy atom. The standard InChI is InChI=1S/C22H28FN3O2/c1-3-14-26(16-22(28)25-20-7-5-4-6-17(20)2)15-21(27)24-13-12-18-8-10-19(23)11-9-18/h4-11H,3,12-16H2,1-2H3,(H,24,27)(H,25,28)/p+1. The number of hydrogen-bond acceptors (Lipinski definition) is 2. The van der Waals surface area contributed by atoms with Crippen molar-refractivity contribution in [3.05, 3.63) is 65.5 Å². The van der Waals surface area contributed by atoms with Crippen molar-refractivity contribution in [2.45, 2.75) is 26.7 Å². The molecule has 0 fully saturated rings. The Bertz CT molecular complexity index is 778. The van der Waals surface area contributed by atoms with Gasteiger partial charge in [-0.2, -0.15) is 0 Å². The van der Waals surface area contributed by atoms with E-state index in [9.17, 15) is 14.0 Å². The van der Waals surface area contributed by atoms with Crippen molar-refractivity contribution >= 4 is 17.5 Å². The molecule has 6 heteroatoms. The molecule has 2 amide bonds. The lowest BCUT2D eigenvalue weighted by atomic mass is 10.1. The van der Waals surface area contributed by atoms with E-state index in [1.54, 1.807) is 12.1 Å². The molecule has 0 aliphatic heterocycles. The second kappa shape index (κ2) is 11.2. The molecule has 0 spiro atoms. The van der Waals surface area contributed by atoms with Crippen LogP contribution in [0.5, 0.6) is 0 Å². The van der Waals surface area contributed by atoms with Crippen molar-refractivity contribution < 1.29 is 18.9 Å². The fourth-order valence-corrected chi connectivity index (χ4v) is 3.01. The van der Waals surface area contributed by atoms with E-state index >= 15 is 0 Å². The molecule has 0 saturated carbocycles. The molecule has 150 valence electrons. The summed E-state index contributed by atoms with van der Waals surface area (Å²) in [5, 5.41) is 5.80. The molecule has 3 N–H and O–H groups in total. The normalized spacial score (nSPS) is 11.7. The topological polar surface area (TPSA) is 62.6 Å². The molecule has 0 heterocycles. The molecule has 2 rings (SSSR count). The van der Waals surface area contributed by atoms with Crippen LogP contribution in [0.1, 0.15) is 24.5 Å². The lowest BCUT2D eigenvalue weighted by Crippen LogP contribution is -3.14. The monoisotopic (exact) mass is 386 g/mol. The largest absolute Gasteiger partial charge is 0.351 e. The predicted molar refractivity (Wildman–Crippen MR) is 109 cm³/mol. The van der Waals surface area contributed by atoms with E-state index in [1.165, 1.54) is 12.1 Å². The maximum Gasteiger partial charge on any atom is 0.279 e. The van der Waals surface area contributed by atoms with Gasteiger partial charge in [0.2, 0.25) is 0 Å². The van der Waals surface area contributed by atoms with Gasteiger partial charge in [0.05, 0.1) is 6.54 Å². The summed E-state index contributed by atoms with van der Waals surface area (Å²) in [5.41, 5.74) is 2.77. The number of halogens is 1. The molecular formula is C22H29FN3O2+. The number of quaternary nitrogens is 1. The lowest BCUT2D eigenvalue weighted by molar-refractivity contribution is -0.883. The molecule has 28 heavy (non-hydrogen) atoms. The Labute approximate surface area is 165 Å². The van der Waals surface area contributed by atoms with Gasteiger partial charge in [-0.25, -0.2) is 4.39 Å². The van der Waals surface area contributed by atoms with Gasteiger partial charge in [-0.05, 0) is 49.1 Å². The third-order valence-electron chi connectivity index (χ3n) is 4.49. The Balaban J connectivity index is 1.78. The molecule has 0 aromatic heterocycles. The van der Waals surface area contributed by atoms with Gasteiger partial charge in [0.1, 0.15) is 5.82 Å². The number of anilines is 1. The van der Waals surface area contributed by atoms with Gasteiger partial charge >= 0.3 is 0 Å². The maximum atomic E-state index is 12.9. The van der Waals surface area contributed by atoms with Crippen molar-refractivity contribution in [2.24, 2.45) is 0 Å². The van der Waals surface area contributed by atoms with Crippen molar-refractivity contribution in [2.75, 3.05) is 31.5 Å². The first-order valence-electron chi connectivity index (χ1n) is 9.68. The zero-order chi connectivity index (χ0) is 20.4. The van der Waals surface area contributed by atoms with Crippen LogP contribution in [0.4, 0.5) is 10.1 Å². The van der Waals surface area contributed by atoms with Gasteiger partial charge in [0, 0.05) is 12.2 Å². The minimum absolute atomic E-state index is 0.0887. The van der Waals surface area contributed by atoms with Crippen LogP contribution < -0.4 is 15.5 Å². The van der Waals surface area contributed by atoms with E-state index in [2.05, 4.69) is 10.6 Å². The number of carbonyl (C=O) groups excluding carboxylic acids is 2. The Hall–Kier alpha value is -2.73. The quantitative estimate of drug-likeness (QED) is 0.582. The van der Waals surface area contributed by atoms with Crippen LogP contribution in [0.2, 0.25) is 0 Å². The summed E-state index contributed by atoms with van der Waals surface area (Å²) in [7, 11) is 0. The van der Waals surface area contributed by atoms with Gasteiger partial charge < -0.3 is 15.5 Å². The molecule has 0 aliphatic carbocycles. The van der Waals surface area contributed by atoms with E-state index in [4.69, 9.17) is 0 Å². The molecule has 2 aromatic rings. The average Bonchev–Trinajstić information content (AvgIpc) is 2.65. The highest BCUT2D eigenvalue weighted by Crippen LogP contribution is 2.12. The SMILES string of the molecule is CCC[NH+](CC(=O)NCCc1ccc(F)cc1)CC(=O)Nc1ccccc1C.